The van der Waals surface area contributed by atoms with Crippen LogP contribution in [-0.2, 0) is 6.42 Å². The van der Waals surface area contributed by atoms with E-state index in [1.165, 1.54) is 6.07 Å². The van der Waals surface area contributed by atoms with Crippen molar-refractivity contribution < 1.29 is 4.39 Å². The molecular weight excluding hydrogens is 363 g/mol. The zero-order valence-corrected chi connectivity index (χ0v) is 14.5. The average Bonchev–Trinajstić information content (AvgIpc) is 2.49. The number of nitrogens with zero attached hydrogens (tertiary/aromatic N) is 1. The van der Waals surface area contributed by atoms with Gasteiger partial charge in [0.15, 0.2) is 5.11 Å². The van der Waals surface area contributed by atoms with Crippen molar-refractivity contribution in [1.29, 1.82) is 0 Å². The van der Waals surface area contributed by atoms with Crippen LogP contribution in [0.2, 0.25) is 0 Å². The highest BCUT2D eigenvalue weighted by Crippen LogP contribution is 2.32. The summed E-state index contributed by atoms with van der Waals surface area (Å²) in [6.45, 7) is 2.14. The van der Waals surface area contributed by atoms with Gasteiger partial charge in [0.2, 0.25) is 0 Å². The summed E-state index contributed by atoms with van der Waals surface area (Å²) >= 11 is 9.00. The van der Waals surface area contributed by atoms with E-state index >= 15 is 0 Å². The Kier molecular flexibility index (Phi) is 4.45. The maximum absolute atomic E-state index is 13.4. The Labute approximate surface area is 143 Å². The van der Waals surface area contributed by atoms with Crippen LogP contribution in [0.3, 0.4) is 0 Å². The van der Waals surface area contributed by atoms with Crippen molar-refractivity contribution in [3.05, 3.63) is 58.3 Å². The summed E-state index contributed by atoms with van der Waals surface area (Å²) in [6.07, 6.45) is 1.84. The third-order valence-electron chi connectivity index (χ3n) is 3.89. The number of halogens is 2. The number of fused-ring (bicyclic) bond motifs is 1. The highest BCUT2D eigenvalue weighted by molar-refractivity contribution is 9.10. The van der Waals surface area contributed by atoms with Gasteiger partial charge in [-0.25, -0.2) is 4.39 Å². The minimum absolute atomic E-state index is 0.194. The molecule has 3 rings (SSSR count). The maximum atomic E-state index is 13.4. The molecule has 1 unspecified atom stereocenters. The molecule has 0 saturated carbocycles. The Morgan fingerprint density at radius 3 is 2.73 bits per heavy atom. The van der Waals surface area contributed by atoms with Crippen molar-refractivity contribution in [3.8, 4) is 0 Å². The first-order valence-electron chi connectivity index (χ1n) is 7.19. The lowest BCUT2D eigenvalue weighted by atomic mass is 9.97. The van der Waals surface area contributed by atoms with Gasteiger partial charge in [-0.1, -0.05) is 15.9 Å². The molecule has 0 saturated heterocycles. The van der Waals surface area contributed by atoms with Crippen LogP contribution < -0.4 is 10.2 Å². The smallest absolute Gasteiger partial charge is 0.178 e. The summed E-state index contributed by atoms with van der Waals surface area (Å²) in [4.78, 5) is 2.08. The van der Waals surface area contributed by atoms with E-state index in [-0.39, 0.29) is 11.9 Å². The van der Waals surface area contributed by atoms with E-state index in [4.69, 9.17) is 12.2 Å². The van der Waals surface area contributed by atoms with Crippen LogP contribution in [0.25, 0.3) is 0 Å². The van der Waals surface area contributed by atoms with Crippen LogP contribution in [0.5, 0.6) is 0 Å². The molecule has 1 aliphatic heterocycles. The molecule has 0 amide bonds. The molecule has 0 fully saturated rings. The molecule has 1 heterocycles. The molecule has 0 radical (unpaired) electrons. The van der Waals surface area contributed by atoms with E-state index in [2.05, 4.69) is 33.1 Å². The fourth-order valence-electron chi connectivity index (χ4n) is 2.75. The standard InChI is InChI=1S/C17H16BrFN2S/c1-11-2-3-12-10-14(19)6-9-16(12)21(11)17(22)20-15-7-4-13(18)5-8-15/h4-11H,2-3H2,1H3,(H,20,22). The maximum Gasteiger partial charge on any atom is 0.178 e. The minimum Gasteiger partial charge on any atom is -0.332 e. The van der Waals surface area contributed by atoms with Crippen molar-refractivity contribution >= 4 is 44.6 Å². The molecule has 0 aromatic heterocycles. The number of aryl methyl sites for hydroxylation is 1. The molecule has 2 aromatic rings. The predicted molar refractivity (Wildman–Crippen MR) is 97.0 cm³/mol. The zero-order chi connectivity index (χ0) is 15.7. The van der Waals surface area contributed by atoms with Crippen LogP contribution in [0.15, 0.2) is 46.9 Å². The summed E-state index contributed by atoms with van der Waals surface area (Å²) in [5, 5.41) is 3.91. The first-order valence-corrected chi connectivity index (χ1v) is 8.39. The average molecular weight is 379 g/mol. The van der Waals surface area contributed by atoms with Gasteiger partial charge in [-0.3, -0.25) is 0 Å². The molecule has 5 heteroatoms. The van der Waals surface area contributed by atoms with E-state index in [0.29, 0.717) is 5.11 Å². The second kappa shape index (κ2) is 6.34. The van der Waals surface area contributed by atoms with Crippen LogP contribution in [-0.4, -0.2) is 11.2 Å². The van der Waals surface area contributed by atoms with Crippen LogP contribution in [0.4, 0.5) is 15.8 Å². The number of rotatable bonds is 1. The lowest BCUT2D eigenvalue weighted by molar-refractivity contribution is 0.604. The Balaban J connectivity index is 1.87. The minimum atomic E-state index is -0.194. The van der Waals surface area contributed by atoms with Crippen LogP contribution >= 0.6 is 28.1 Å². The quantitative estimate of drug-likeness (QED) is 0.692. The molecule has 0 bridgehead atoms. The lowest BCUT2D eigenvalue weighted by Crippen LogP contribution is -2.44. The van der Waals surface area contributed by atoms with E-state index in [0.717, 1.165) is 34.3 Å². The first-order chi connectivity index (χ1) is 10.5. The Morgan fingerprint density at radius 1 is 1.27 bits per heavy atom. The molecule has 22 heavy (non-hydrogen) atoms. The zero-order valence-electron chi connectivity index (χ0n) is 12.1. The van der Waals surface area contributed by atoms with Crippen molar-refractivity contribution in [2.45, 2.75) is 25.8 Å². The highest BCUT2D eigenvalue weighted by atomic mass is 79.9. The van der Waals surface area contributed by atoms with Crippen molar-refractivity contribution in [2.24, 2.45) is 0 Å². The third-order valence-corrected chi connectivity index (χ3v) is 4.72. The fourth-order valence-corrected chi connectivity index (χ4v) is 3.41. The molecule has 0 aliphatic carbocycles. The third kappa shape index (κ3) is 3.15. The van der Waals surface area contributed by atoms with Crippen molar-refractivity contribution in [2.75, 3.05) is 10.2 Å². The monoisotopic (exact) mass is 378 g/mol. The molecule has 2 nitrogen and oxygen atoms in total. The Morgan fingerprint density at radius 2 is 2.00 bits per heavy atom. The van der Waals surface area contributed by atoms with Gasteiger partial charge in [0, 0.05) is 21.9 Å². The van der Waals surface area contributed by atoms with Gasteiger partial charge in [0.1, 0.15) is 5.82 Å². The number of nitrogens with one attached hydrogen (secondary N) is 1. The molecule has 2 aromatic carbocycles. The highest BCUT2D eigenvalue weighted by Gasteiger charge is 2.26. The van der Waals surface area contributed by atoms with Gasteiger partial charge in [0.25, 0.3) is 0 Å². The van der Waals surface area contributed by atoms with Gasteiger partial charge in [0.05, 0.1) is 0 Å². The predicted octanol–water partition coefficient (Wildman–Crippen LogP) is 5.13. The number of hydrogen-bond donors (Lipinski definition) is 1. The fraction of sp³-hybridized carbons (Fsp3) is 0.235. The number of benzene rings is 2. The number of anilines is 2. The second-order valence-electron chi connectivity index (χ2n) is 5.47. The normalized spacial score (nSPS) is 17.0. The number of hydrogen-bond acceptors (Lipinski definition) is 1. The summed E-state index contributed by atoms with van der Waals surface area (Å²) in [5.74, 6) is -0.194. The van der Waals surface area contributed by atoms with Gasteiger partial charge >= 0.3 is 0 Å². The molecule has 1 aliphatic rings. The van der Waals surface area contributed by atoms with Gasteiger partial charge < -0.3 is 10.2 Å². The molecule has 0 spiro atoms. The summed E-state index contributed by atoms with van der Waals surface area (Å²) < 4.78 is 14.5. The van der Waals surface area contributed by atoms with E-state index in [9.17, 15) is 4.39 Å². The Bertz CT molecular complexity index is 702. The van der Waals surface area contributed by atoms with Gasteiger partial charge in [-0.2, -0.15) is 0 Å². The lowest BCUT2D eigenvalue weighted by Gasteiger charge is -2.37. The molecule has 114 valence electrons. The topological polar surface area (TPSA) is 15.3 Å². The first kappa shape index (κ1) is 15.4. The number of thiocarbonyl (C=S) groups is 1. The molecule has 1 atom stereocenters. The van der Waals surface area contributed by atoms with Crippen LogP contribution in [0.1, 0.15) is 18.9 Å². The largest absolute Gasteiger partial charge is 0.332 e. The molecule has 1 N–H and O–H groups in total. The van der Waals surface area contributed by atoms with E-state index < -0.39 is 0 Å². The van der Waals surface area contributed by atoms with E-state index in [1.807, 2.05) is 30.3 Å². The summed E-state index contributed by atoms with van der Waals surface area (Å²) in [6, 6.07) is 13.1. The van der Waals surface area contributed by atoms with E-state index in [1.54, 1.807) is 6.07 Å². The van der Waals surface area contributed by atoms with Gasteiger partial charge in [-0.05, 0) is 80.0 Å². The van der Waals surface area contributed by atoms with Crippen molar-refractivity contribution in [1.82, 2.24) is 0 Å². The molecular formula is C17H16BrFN2S. The van der Waals surface area contributed by atoms with Crippen LogP contribution in [0, 0.1) is 5.82 Å². The van der Waals surface area contributed by atoms with Crippen molar-refractivity contribution in [3.63, 3.8) is 0 Å². The SMILES string of the molecule is CC1CCc2cc(F)ccc2N1C(=S)Nc1ccc(Br)cc1. The second-order valence-corrected chi connectivity index (χ2v) is 6.77. The Hall–Kier alpha value is -1.46. The van der Waals surface area contributed by atoms with Gasteiger partial charge in [-0.15, -0.1) is 0 Å². The summed E-state index contributed by atoms with van der Waals surface area (Å²) in [5.41, 5.74) is 2.95. The summed E-state index contributed by atoms with van der Waals surface area (Å²) in [7, 11) is 0.